The molecule has 2 heteroatoms. The molecule has 2 aliphatic carbocycles. The van der Waals surface area contributed by atoms with E-state index in [0.29, 0.717) is 5.41 Å². The Morgan fingerprint density at radius 3 is 2.70 bits per heavy atom. The minimum absolute atomic E-state index is 0.558. The van der Waals surface area contributed by atoms with Crippen LogP contribution >= 0.6 is 11.8 Å². The molecule has 0 aromatic rings. The third-order valence-corrected chi connectivity index (χ3v) is 6.90. The molecule has 0 bridgehead atoms. The lowest BCUT2D eigenvalue weighted by Gasteiger charge is -2.43. The van der Waals surface area contributed by atoms with Crippen LogP contribution < -0.4 is 5.32 Å². The van der Waals surface area contributed by atoms with E-state index in [4.69, 9.17) is 0 Å². The van der Waals surface area contributed by atoms with Crippen LogP contribution in [0.5, 0.6) is 0 Å². The van der Waals surface area contributed by atoms with Crippen LogP contribution in [0.2, 0.25) is 0 Å². The van der Waals surface area contributed by atoms with Crippen LogP contribution in [-0.2, 0) is 0 Å². The van der Waals surface area contributed by atoms with Crippen molar-refractivity contribution >= 4 is 11.8 Å². The van der Waals surface area contributed by atoms with Crippen molar-refractivity contribution in [1.29, 1.82) is 0 Å². The fraction of sp³-hybridized carbons (Fsp3) is 1.00. The second-order valence-electron chi connectivity index (χ2n) is 8.04. The van der Waals surface area contributed by atoms with Crippen molar-refractivity contribution in [2.75, 3.05) is 6.54 Å². The smallest absolute Gasteiger partial charge is 0.0209 e. The summed E-state index contributed by atoms with van der Waals surface area (Å²) in [6.45, 7) is 10.9. The van der Waals surface area contributed by atoms with Gasteiger partial charge in [0, 0.05) is 16.5 Å². The van der Waals surface area contributed by atoms with Crippen molar-refractivity contribution in [1.82, 2.24) is 5.32 Å². The zero-order valence-corrected chi connectivity index (χ0v) is 14.9. The average molecular weight is 298 g/mol. The van der Waals surface area contributed by atoms with E-state index in [1.54, 1.807) is 0 Å². The van der Waals surface area contributed by atoms with E-state index in [1.807, 2.05) is 0 Å². The molecule has 1 N–H and O–H groups in total. The van der Waals surface area contributed by atoms with Crippen LogP contribution in [0.25, 0.3) is 0 Å². The molecule has 2 aliphatic rings. The Balaban J connectivity index is 1.91. The summed E-state index contributed by atoms with van der Waals surface area (Å²) >= 11 is 2.34. The molecule has 0 heterocycles. The van der Waals surface area contributed by atoms with E-state index >= 15 is 0 Å². The van der Waals surface area contributed by atoms with E-state index in [2.05, 4.69) is 44.8 Å². The van der Waals surface area contributed by atoms with Gasteiger partial charge in [-0.1, -0.05) is 40.5 Å². The molecule has 20 heavy (non-hydrogen) atoms. The van der Waals surface area contributed by atoms with Crippen LogP contribution in [0.1, 0.15) is 79.1 Å². The first-order valence-electron chi connectivity index (χ1n) is 8.89. The minimum atomic E-state index is 0.558. The second kappa shape index (κ2) is 7.54. The molecule has 1 nitrogen and oxygen atoms in total. The van der Waals surface area contributed by atoms with E-state index in [1.165, 1.54) is 57.9 Å². The summed E-state index contributed by atoms with van der Waals surface area (Å²) in [7, 11) is 0. The summed E-state index contributed by atoms with van der Waals surface area (Å²) in [4.78, 5) is 0. The molecule has 2 fully saturated rings. The molecular weight excluding hydrogens is 262 g/mol. The van der Waals surface area contributed by atoms with Gasteiger partial charge in [0.2, 0.25) is 0 Å². The molecule has 0 aliphatic heterocycles. The van der Waals surface area contributed by atoms with Gasteiger partial charge in [0.1, 0.15) is 0 Å². The zero-order chi connectivity index (χ0) is 14.6. The Kier molecular flexibility index (Phi) is 6.28. The first-order chi connectivity index (χ1) is 9.50. The molecule has 0 aromatic heterocycles. The van der Waals surface area contributed by atoms with E-state index < -0.39 is 0 Å². The van der Waals surface area contributed by atoms with Gasteiger partial charge in [-0.15, -0.1) is 0 Å². The SMILES string of the molecule is CCCNC1CCC(C)(C)CC1SC1CCCC(C)C1. The number of thioether (sulfide) groups is 1. The fourth-order valence-corrected chi connectivity index (χ4v) is 6.18. The molecule has 2 saturated carbocycles. The first-order valence-corrected chi connectivity index (χ1v) is 9.83. The van der Waals surface area contributed by atoms with Crippen LogP contribution in [0.4, 0.5) is 0 Å². The number of nitrogens with one attached hydrogen (secondary N) is 1. The topological polar surface area (TPSA) is 12.0 Å². The molecule has 0 radical (unpaired) electrons. The summed E-state index contributed by atoms with van der Waals surface area (Å²) in [5.74, 6) is 0.958. The predicted molar refractivity (Wildman–Crippen MR) is 92.5 cm³/mol. The largest absolute Gasteiger partial charge is 0.313 e. The van der Waals surface area contributed by atoms with E-state index in [0.717, 1.165) is 22.5 Å². The van der Waals surface area contributed by atoms with Crippen LogP contribution in [0.3, 0.4) is 0 Å². The van der Waals surface area contributed by atoms with Crippen molar-refractivity contribution in [2.45, 2.75) is 95.6 Å². The summed E-state index contributed by atoms with van der Waals surface area (Å²) in [6, 6.07) is 0.769. The molecule has 2 rings (SSSR count). The van der Waals surface area contributed by atoms with Gasteiger partial charge in [0.15, 0.2) is 0 Å². The third kappa shape index (κ3) is 4.94. The summed E-state index contributed by atoms with van der Waals surface area (Å²) in [5, 5.41) is 5.62. The Bertz CT molecular complexity index is 289. The predicted octanol–water partition coefficient (Wildman–Crippen LogP) is 5.25. The molecule has 0 aromatic carbocycles. The standard InChI is InChI=1S/C18H35NS/c1-5-11-19-16-9-10-18(3,4)13-17(16)20-15-8-6-7-14(2)12-15/h14-17,19H,5-13H2,1-4H3. The molecule has 4 atom stereocenters. The molecule has 0 spiro atoms. The minimum Gasteiger partial charge on any atom is -0.313 e. The van der Waals surface area contributed by atoms with Crippen molar-refractivity contribution in [3.63, 3.8) is 0 Å². The van der Waals surface area contributed by atoms with Crippen molar-refractivity contribution < 1.29 is 0 Å². The van der Waals surface area contributed by atoms with Gasteiger partial charge in [-0.2, -0.15) is 11.8 Å². The maximum atomic E-state index is 3.84. The fourth-order valence-electron chi connectivity index (χ4n) is 3.98. The normalized spacial score (nSPS) is 37.8. The lowest BCUT2D eigenvalue weighted by molar-refractivity contribution is 0.213. The monoisotopic (exact) mass is 297 g/mol. The lowest BCUT2D eigenvalue weighted by atomic mass is 9.75. The van der Waals surface area contributed by atoms with Crippen molar-refractivity contribution in [3.8, 4) is 0 Å². The Hall–Kier alpha value is 0.310. The van der Waals surface area contributed by atoms with Gasteiger partial charge in [-0.3, -0.25) is 0 Å². The van der Waals surface area contributed by atoms with Gasteiger partial charge in [-0.05, 0) is 56.4 Å². The molecule has 118 valence electrons. The van der Waals surface area contributed by atoms with Crippen LogP contribution in [0, 0.1) is 11.3 Å². The summed E-state index contributed by atoms with van der Waals surface area (Å²) in [6.07, 6.45) is 11.3. The quantitative estimate of drug-likeness (QED) is 0.744. The highest BCUT2D eigenvalue weighted by Gasteiger charge is 2.36. The number of hydrogen-bond donors (Lipinski definition) is 1. The third-order valence-electron chi connectivity index (χ3n) is 5.25. The molecule has 0 saturated heterocycles. The molecule has 0 amide bonds. The van der Waals surface area contributed by atoms with Crippen LogP contribution in [0.15, 0.2) is 0 Å². The van der Waals surface area contributed by atoms with Crippen molar-refractivity contribution in [3.05, 3.63) is 0 Å². The van der Waals surface area contributed by atoms with Gasteiger partial charge in [0.05, 0.1) is 0 Å². The highest BCUT2D eigenvalue weighted by molar-refractivity contribution is 8.00. The van der Waals surface area contributed by atoms with Gasteiger partial charge in [0.25, 0.3) is 0 Å². The van der Waals surface area contributed by atoms with E-state index in [-0.39, 0.29) is 0 Å². The van der Waals surface area contributed by atoms with Crippen LogP contribution in [-0.4, -0.2) is 23.1 Å². The second-order valence-corrected chi connectivity index (χ2v) is 9.58. The highest BCUT2D eigenvalue weighted by Crippen LogP contribution is 2.44. The first kappa shape index (κ1) is 16.7. The Labute approximate surface area is 131 Å². The van der Waals surface area contributed by atoms with E-state index in [9.17, 15) is 0 Å². The van der Waals surface area contributed by atoms with Gasteiger partial charge < -0.3 is 5.32 Å². The van der Waals surface area contributed by atoms with Gasteiger partial charge >= 0.3 is 0 Å². The number of rotatable bonds is 5. The maximum absolute atomic E-state index is 3.84. The molecular formula is C18H35NS. The lowest BCUT2D eigenvalue weighted by Crippen LogP contribution is -2.46. The Morgan fingerprint density at radius 2 is 2.00 bits per heavy atom. The van der Waals surface area contributed by atoms with Crippen molar-refractivity contribution in [2.24, 2.45) is 11.3 Å². The summed E-state index contributed by atoms with van der Waals surface area (Å²) < 4.78 is 0. The summed E-state index contributed by atoms with van der Waals surface area (Å²) in [5.41, 5.74) is 0.558. The maximum Gasteiger partial charge on any atom is 0.0209 e. The zero-order valence-electron chi connectivity index (χ0n) is 14.1. The highest BCUT2D eigenvalue weighted by atomic mass is 32.2. The Morgan fingerprint density at radius 1 is 1.20 bits per heavy atom. The number of hydrogen-bond acceptors (Lipinski definition) is 2. The molecule has 4 unspecified atom stereocenters. The average Bonchev–Trinajstić information content (AvgIpc) is 2.37. The van der Waals surface area contributed by atoms with Gasteiger partial charge in [-0.25, -0.2) is 0 Å².